The van der Waals surface area contributed by atoms with Crippen molar-refractivity contribution in [2.24, 2.45) is 0 Å². The van der Waals surface area contributed by atoms with Crippen molar-refractivity contribution >= 4 is 17.9 Å². The largest absolute Gasteiger partial charge is 0.480 e. The third-order valence-electron chi connectivity index (χ3n) is 2.76. The van der Waals surface area contributed by atoms with Gasteiger partial charge in [0.05, 0.1) is 33.4 Å². The number of hydroxylamine groups is 1. The van der Waals surface area contributed by atoms with Gasteiger partial charge < -0.3 is 25.5 Å². The minimum absolute atomic E-state index is 0.182. The molecule has 0 aliphatic carbocycles. The minimum atomic E-state index is -1.01. The molecule has 5 N–H and O–H groups in total. The fourth-order valence-corrected chi connectivity index (χ4v) is 1.74. The lowest BCUT2D eigenvalue weighted by Gasteiger charge is -2.25. The van der Waals surface area contributed by atoms with E-state index in [1.165, 1.54) is 7.11 Å². The van der Waals surface area contributed by atoms with E-state index in [9.17, 15) is 14.4 Å². The molecule has 11 nitrogen and oxygen atoms in total. The Morgan fingerprint density at radius 2 is 1.48 bits per heavy atom. The van der Waals surface area contributed by atoms with Gasteiger partial charge in [-0.25, -0.2) is 0 Å². The molecule has 0 aromatic rings. The quantitative estimate of drug-likeness (QED) is 0.123. The molecule has 0 fully saturated rings. The Morgan fingerprint density at radius 1 is 0.913 bits per heavy atom. The first-order valence-corrected chi connectivity index (χ1v) is 6.91. The summed E-state index contributed by atoms with van der Waals surface area (Å²) < 4.78 is 0. The predicted molar refractivity (Wildman–Crippen MR) is 78.8 cm³/mol. The Kier molecular flexibility index (Phi) is 11.7. The molecule has 0 aromatic carbocycles. The van der Waals surface area contributed by atoms with Crippen LogP contribution in [0, 0.1) is 0 Å². The first-order valence-electron chi connectivity index (χ1n) is 6.91. The average molecular weight is 336 g/mol. The summed E-state index contributed by atoms with van der Waals surface area (Å²) in [4.78, 5) is 39.8. The van der Waals surface area contributed by atoms with E-state index in [2.05, 4.69) is 15.6 Å². The number of carboxylic acid groups (broad SMARTS) is 3. The summed E-state index contributed by atoms with van der Waals surface area (Å²) in [5.74, 6) is -3.01. The van der Waals surface area contributed by atoms with E-state index in [1.807, 2.05) is 0 Å². The van der Waals surface area contributed by atoms with Gasteiger partial charge in [0.15, 0.2) is 0 Å². The summed E-state index contributed by atoms with van der Waals surface area (Å²) in [6.45, 7) is 0.828. The molecule has 0 aromatic heterocycles. The topological polar surface area (TPSA) is 152 Å². The van der Waals surface area contributed by atoms with Crippen LogP contribution >= 0.6 is 0 Å². The van der Waals surface area contributed by atoms with Gasteiger partial charge in [0.25, 0.3) is 0 Å². The van der Waals surface area contributed by atoms with Crippen molar-refractivity contribution in [2.75, 3.05) is 59.6 Å². The highest BCUT2D eigenvalue weighted by molar-refractivity contribution is 5.69. The maximum absolute atomic E-state index is 10.8. The van der Waals surface area contributed by atoms with E-state index in [0.29, 0.717) is 26.2 Å². The predicted octanol–water partition coefficient (Wildman–Crippen LogP) is -2.46. The molecule has 0 heterocycles. The molecule has 0 aliphatic heterocycles. The van der Waals surface area contributed by atoms with Crippen LogP contribution in [0.4, 0.5) is 0 Å². The number of carbonyl (C=O) groups is 3. The molecule has 0 bridgehead atoms. The van der Waals surface area contributed by atoms with Crippen LogP contribution in [-0.2, 0) is 19.2 Å². The molecule has 0 saturated heterocycles. The Balaban J connectivity index is 4.32. The van der Waals surface area contributed by atoms with Gasteiger partial charge in [-0.05, 0) is 0 Å². The maximum Gasteiger partial charge on any atom is 0.317 e. The Bertz CT molecular complexity index is 380. The normalized spacial score (nSPS) is 11.1. The molecule has 0 radical (unpaired) electrons. The first kappa shape index (κ1) is 21.2. The second-order valence-electron chi connectivity index (χ2n) is 4.69. The van der Waals surface area contributed by atoms with Gasteiger partial charge >= 0.3 is 17.9 Å². The summed E-state index contributed by atoms with van der Waals surface area (Å²) in [5, 5.41) is 28.9. The smallest absolute Gasteiger partial charge is 0.317 e. The number of carboxylic acids is 3. The lowest BCUT2D eigenvalue weighted by molar-refractivity contribution is -0.140. The van der Waals surface area contributed by atoms with Gasteiger partial charge in [-0.3, -0.25) is 24.2 Å². The van der Waals surface area contributed by atoms with Crippen LogP contribution in [0.1, 0.15) is 0 Å². The number of nitrogens with zero attached hydrogens (tertiary/aromatic N) is 2. The molecular weight excluding hydrogens is 312 g/mol. The molecule has 0 spiro atoms. The SMILES string of the molecule is CONCN(CCN(CCNCC(=O)O)CC(=O)O)CC(=O)O. The Labute approximate surface area is 133 Å². The van der Waals surface area contributed by atoms with Crippen molar-refractivity contribution in [1.82, 2.24) is 20.6 Å². The lowest BCUT2D eigenvalue weighted by atomic mass is 10.4. The van der Waals surface area contributed by atoms with Gasteiger partial charge in [-0.2, -0.15) is 5.48 Å². The highest BCUT2D eigenvalue weighted by Gasteiger charge is 2.14. The minimum Gasteiger partial charge on any atom is -0.480 e. The molecule has 0 atom stereocenters. The van der Waals surface area contributed by atoms with Crippen LogP contribution in [0.2, 0.25) is 0 Å². The third-order valence-corrected chi connectivity index (χ3v) is 2.76. The molecule has 0 saturated carbocycles. The van der Waals surface area contributed by atoms with E-state index in [1.54, 1.807) is 9.80 Å². The van der Waals surface area contributed by atoms with E-state index < -0.39 is 17.9 Å². The van der Waals surface area contributed by atoms with Crippen LogP contribution in [-0.4, -0.2) is 103 Å². The van der Waals surface area contributed by atoms with Crippen LogP contribution in [0.25, 0.3) is 0 Å². The van der Waals surface area contributed by atoms with Crippen molar-refractivity contribution in [1.29, 1.82) is 0 Å². The van der Waals surface area contributed by atoms with Gasteiger partial charge in [-0.15, -0.1) is 0 Å². The van der Waals surface area contributed by atoms with Crippen molar-refractivity contribution < 1.29 is 34.5 Å². The summed E-state index contributed by atoms with van der Waals surface area (Å²) in [7, 11) is 1.41. The fraction of sp³-hybridized carbons (Fsp3) is 0.750. The molecule has 0 aliphatic rings. The van der Waals surface area contributed by atoms with E-state index in [0.717, 1.165) is 0 Å². The van der Waals surface area contributed by atoms with E-state index in [4.69, 9.17) is 15.3 Å². The zero-order valence-corrected chi connectivity index (χ0v) is 13.0. The highest BCUT2D eigenvalue weighted by atomic mass is 16.6. The summed E-state index contributed by atoms with van der Waals surface area (Å²) in [6.07, 6.45) is 0. The summed E-state index contributed by atoms with van der Waals surface area (Å²) in [6, 6.07) is 0. The Hall–Kier alpha value is -1.79. The van der Waals surface area contributed by atoms with Crippen molar-refractivity contribution in [3.8, 4) is 0 Å². The molecule has 0 rings (SSSR count). The van der Waals surface area contributed by atoms with Gasteiger partial charge in [0.1, 0.15) is 0 Å². The van der Waals surface area contributed by atoms with E-state index in [-0.39, 0.29) is 26.3 Å². The van der Waals surface area contributed by atoms with Crippen molar-refractivity contribution in [3.05, 3.63) is 0 Å². The number of hydrogen-bond donors (Lipinski definition) is 5. The highest BCUT2D eigenvalue weighted by Crippen LogP contribution is 1.93. The second-order valence-corrected chi connectivity index (χ2v) is 4.69. The van der Waals surface area contributed by atoms with Gasteiger partial charge in [-0.1, -0.05) is 0 Å². The average Bonchev–Trinajstić information content (AvgIpc) is 2.44. The van der Waals surface area contributed by atoms with Crippen LogP contribution in [0.15, 0.2) is 0 Å². The molecule has 0 amide bonds. The van der Waals surface area contributed by atoms with Crippen LogP contribution < -0.4 is 10.8 Å². The van der Waals surface area contributed by atoms with Crippen LogP contribution in [0.5, 0.6) is 0 Å². The molecular formula is C12H24N4O7. The monoisotopic (exact) mass is 336 g/mol. The van der Waals surface area contributed by atoms with Gasteiger partial charge in [0.2, 0.25) is 0 Å². The molecule has 11 heteroatoms. The first-order chi connectivity index (χ1) is 10.8. The fourth-order valence-electron chi connectivity index (χ4n) is 1.74. The van der Waals surface area contributed by atoms with Crippen LogP contribution in [0.3, 0.4) is 0 Å². The molecule has 0 unspecified atom stereocenters. The third kappa shape index (κ3) is 13.6. The lowest BCUT2D eigenvalue weighted by Crippen LogP contribution is -2.45. The number of nitrogens with one attached hydrogen (secondary N) is 2. The zero-order chi connectivity index (χ0) is 17.7. The number of rotatable bonds is 15. The van der Waals surface area contributed by atoms with Gasteiger partial charge in [0, 0.05) is 26.2 Å². The Morgan fingerprint density at radius 3 is 2.00 bits per heavy atom. The second kappa shape index (κ2) is 12.7. The van der Waals surface area contributed by atoms with Crippen molar-refractivity contribution in [2.45, 2.75) is 0 Å². The summed E-state index contributed by atoms with van der Waals surface area (Å²) >= 11 is 0. The molecule has 23 heavy (non-hydrogen) atoms. The molecule has 134 valence electrons. The van der Waals surface area contributed by atoms with Crippen molar-refractivity contribution in [3.63, 3.8) is 0 Å². The van der Waals surface area contributed by atoms with E-state index >= 15 is 0 Å². The summed E-state index contributed by atoms with van der Waals surface area (Å²) in [5.41, 5.74) is 2.53. The number of hydrogen-bond acceptors (Lipinski definition) is 8. The zero-order valence-electron chi connectivity index (χ0n) is 13.0. The number of aliphatic carboxylic acids is 3. The standard InChI is InChI=1S/C12H24N4O7/c1-23-14-9-16(8-12(21)22)5-4-15(7-11(19)20)3-2-13-6-10(17)18/h13-14H,2-9H2,1H3,(H,17,18)(H,19,20)(H,21,22). The maximum atomic E-state index is 10.8.